The smallest absolute Gasteiger partial charge is 0.268 e. The second-order valence-electron chi connectivity index (χ2n) is 8.33. The molecule has 8 heteroatoms. The molecule has 0 bridgehead atoms. The first-order chi connectivity index (χ1) is 15.3. The van der Waals surface area contributed by atoms with Crippen molar-refractivity contribution in [2.45, 2.75) is 38.3 Å². The first kappa shape index (κ1) is 20.2. The lowest BCUT2D eigenvalue weighted by atomic mass is 10.0. The molecule has 0 aliphatic carbocycles. The van der Waals surface area contributed by atoms with Crippen LogP contribution in [0, 0.1) is 0 Å². The summed E-state index contributed by atoms with van der Waals surface area (Å²) in [6.45, 7) is 5.04. The molecule has 5 rings (SSSR count). The number of piperidine rings is 1. The summed E-state index contributed by atoms with van der Waals surface area (Å²) in [5.74, 6) is -0.0376. The summed E-state index contributed by atoms with van der Waals surface area (Å²) in [5.41, 5.74) is 1.96. The maximum Gasteiger partial charge on any atom is 0.268 e. The van der Waals surface area contributed by atoms with E-state index in [1.807, 2.05) is 22.9 Å². The lowest BCUT2D eigenvalue weighted by Gasteiger charge is -2.32. The Morgan fingerprint density at radius 1 is 0.968 bits per heavy atom. The summed E-state index contributed by atoms with van der Waals surface area (Å²) in [6.07, 6.45) is 6.24. The summed E-state index contributed by atoms with van der Waals surface area (Å²) in [4.78, 5) is 17.7. The maximum atomic E-state index is 13.0. The van der Waals surface area contributed by atoms with Crippen LogP contribution >= 0.6 is 11.3 Å². The van der Waals surface area contributed by atoms with Crippen LogP contribution in [0.3, 0.4) is 0 Å². The highest BCUT2D eigenvalue weighted by Crippen LogP contribution is 2.27. The molecule has 0 saturated carbocycles. The Balaban J connectivity index is 1.18. The fourth-order valence-electron chi connectivity index (χ4n) is 4.41. The minimum atomic E-state index is -0.0376. The van der Waals surface area contributed by atoms with E-state index in [2.05, 4.69) is 55.6 Å². The molecule has 1 amide bonds. The molecule has 1 aromatic carbocycles. The van der Waals surface area contributed by atoms with E-state index in [0.29, 0.717) is 5.69 Å². The van der Waals surface area contributed by atoms with Crippen LogP contribution in [-0.4, -0.2) is 57.8 Å². The first-order valence-electron chi connectivity index (χ1n) is 11.1. The van der Waals surface area contributed by atoms with Gasteiger partial charge in [0.05, 0.1) is 0 Å². The number of nitrogens with zero attached hydrogens (tertiary/aromatic N) is 5. The van der Waals surface area contributed by atoms with Crippen molar-refractivity contribution in [1.29, 1.82) is 0 Å². The monoisotopic (exact) mass is 436 g/mol. The Labute approximate surface area is 186 Å². The van der Waals surface area contributed by atoms with Crippen LogP contribution < -0.4 is 10.2 Å². The number of aromatic nitrogens is 3. The lowest BCUT2D eigenvalue weighted by Crippen LogP contribution is -2.44. The molecule has 0 spiro atoms. The van der Waals surface area contributed by atoms with Crippen LogP contribution in [0.1, 0.15) is 41.7 Å². The largest absolute Gasteiger partial charge is 0.348 e. The number of hydrogen-bond donors (Lipinski definition) is 1. The van der Waals surface area contributed by atoms with Crippen molar-refractivity contribution >= 4 is 22.4 Å². The summed E-state index contributed by atoms with van der Waals surface area (Å²) in [7, 11) is 0. The quantitative estimate of drug-likeness (QED) is 0.642. The molecule has 0 atom stereocenters. The third-order valence-corrected chi connectivity index (χ3v) is 7.12. The van der Waals surface area contributed by atoms with Crippen LogP contribution in [0.5, 0.6) is 0 Å². The number of benzene rings is 1. The molecule has 4 heterocycles. The minimum absolute atomic E-state index is 0.0376. The number of carbonyl (C=O) groups is 1. The van der Waals surface area contributed by atoms with Gasteiger partial charge in [-0.2, -0.15) is 0 Å². The van der Waals surface area contributed by atoms with Crippen molar-refractivity contribution in [3.63, 3.8) is 0 Å². The zero-order chi connectivity index (χ0) is 21.0. The molecule has 7 nitrogen and oxygen atoms in total. The Morgan fingerprint density at radius 3 is 2.48 bits per heavy atom. The summed E-state index contributed by atoms with van der Waals surface area (Å²) < 4.78 is 1.86. The van der Waals surface area contributed by atoms with Crippen molar-refractivity contribution in [2.75, 3.05) is 31.1 Å². The van der Waals surface area contributed by atoms with Gasteiger partial charge in [0.25, 0.3) is 5.91 Å². The zero-order valence-corrected chi connectivity index (χ0v) is 18.4. The van der Waals surface area contributed by atoms with Crippen molar-refractivity contribution in [2.24, 2.45) is 0 Å². The third kappa shape index (κ3) is 4.65. The van der Waals surface area contributed by atoms with Crippen LogP contribution in [-0.2, 0) is 6.54 Å². The number of amides is 1. The van der Waals surface area contributed by atoms with Crippen molar-refractivity contribution in [1.82, 2.24) is 25.0 Å². The molecule has 2 fully saturated rings. The first-order valence-corrected chi connectivity index (χ1v) is 11.9. The molecular weight excluding hydrogens is 408 g/mol. The third-order valence-electron chi connectivity index (χ3n) is 6.14. The molecule has 3 aromatic rings. The number of hydrogen-bond acceptors (Lipinski definition) is 6. The highest BCUT2D eigenvalue weighted by Gasteiger charge is 2.24. The number of likely N-dealkylation sites (tertiary alicyclic amines) is 1. The van der Waals surface area contributed by atoms with Crippen LogP contribution in [0.2, 0.25) is 0 Å². The highest BCUT2D eigenvalue weighted by molar-refractivity contribution is 7.17. The van der Waals surface area contributed by atoms with Gasteiger partial charge in [0.15, 0.2) is 0 Å². The van der Waals surface area contributed by atoms with E-state index in [9.17, 15) is 4.79 Å². The molecule has 2 aliphatic heterocycles. The topological polar surface area (TPSA) is 66.3 Å². The van der Waals surface area contributed by atoms with E-state index >= 15 is 0 Å². The van der Waals surface area contributed by atoms with Gasteiger partial charge in [-0.25, -0.2) is 0 Å². The molecule has 2 aromatic heterocycles. The minimum Gasteiger partial charge on any atom is -0.348 e. The predicted molar refractivity (Wildman–Crippen MR) is 123 cm³/mol. The summed E-state index contributed by atoms with van der Waals surface area (Å²) in [6, 6.07) is 14.5. The molecule has 31 heavy (non-hydrogen) atoms. The average molecular weight is 437 g/mol. The van der Waals surface area contributed by atoms with Gasteiger partial charge < -0.3 is 10.2 Å². The normalized spacial score (nSPS) is 17.9. The van der Waals surface area contributed by atoms with E-state index in [1.54, 1.807) is 11.3 Å². The fraction of sp³-hybridized carbons (Fsp3) is 0.435. The van der Waals surface area contributed by atoms with Gasteiger partial charge in [-0.1, -0.05) is 41.7 Å². The Morgan fingerprint density at radius 2 is 1.71 bits per heavy atom. The van der Waals surface area contributed by atoms with E-state index < -0.39 is 0 Å². The number of nitrogens with one attached hydrogen (secondary N) is 1. The van der Waals surface area contributed by atoms with Crippen LogP contribution in [0.25, 0.3) is 5.13 Å². The maximum absolute atomic E-state index is 13.0. The predicted octanol–water partition coefficient (Wildman–Crippen LogP) is 3.32. The van der Waals surface area contributed by atoms with Gasteiger partial charge in [-0.05, 0) is 43.4 Å². The van der Waals surface area contributed by atoms with E-state index in [1.165, 1.54) is 18.4 Å². The van der Waals surface area contributed by atoms with Gasteiger partial charge >= 0.3 is 0 Å². The van der Waals surface area contributed by atoms with Gasteiger partial charge in [-0.3, -0.25) is 14.3 Å². The fourth-order valence-corrected chi connectivity index (χ4v) is 5.31. The summed E-state index contributed by atoms with van der Waals surface area (Å²) >= 11 is 1.55. The van der Waals surface area contributed by atoms with Gasteiger partial charge in [0.1, 0.15) is 5.69 Å². The molecule has 162 valence electrons. The molecule has 0 radical (unpaired) electrons. The van der Waals surface area contributed by atoms with E-state index in [4.69, 9.17) is 0 Å². The molecule has 0 unspecified atom stereocenters. The Bertz CT molecular complexity index is 1000. The Hall–Kier alpha value is -2.71. The van der Waals surface area contributed by atoms with Gasteiger partial charge in [0, 0.05) is 45.0 Å². The number of carbonyl (C=O) groups excluding carboxylic acids is 1. The molecule has 1 N–H and O–H groups in total. The lowest BCUT2D eigenvalue weighted by molar-refractivity contribution is 0.0902. The van der Waals surface area contributed by atoms with Gasteiger partial charge in [-0.15, -0.1) is 10.2 Å². The molecule has 2 aliphatic rings. The van der Waals surface area contributed by atoms with Crippen LogP contribution in [0.4, 0.5) is 5.13 Å². The Kier molecular flexibility index (Phi) is 5.99. The van der Waals surface area contributed by atoms with Gasteiger partial charge in [0.2, 0.25) is 10.3 Å². The second-order valence-corrected chi connectivity index (χ2v) is 9.27. The standard InChI is InChI=1S/C23H28N6OS/c30-21(24-19-10-15-27(16-11-19)17-18-7-2-1-3-8-18)20-9-6-14-29(20)23-26-25-22(31-23)28-12-4-5-13-28/h1-3,6-9,14,19H,4-5,10-13,15-17H2,(H,24,30). The second kappa shape index (κ2) is 9.20. The average Bonchev–Trinajstić information content (AvgIpc) is 3.56. The molecular formula is C23H28N6OS. The number of anilines is 1. The van der Waals surface area contributed by atoms with Crippen molar-refractivity contribution in [3.8, 4) is 5.13 Å². The molecule has 2 saturated heterocycles. The summed E-state index contributed by atoms with van der Waals surface area (Å²) in [5, 5.41) is 13.6. The van der Waals surface area contributed by atoms with Crippen LogP contribution in [0.15, 0.2) is 48.7 Å². The van der Waals surface area contributed by atoms with Crippen molar-refractivity contribution in [3.05, 3.63) is 59.9 Å². The SMILES string of the molecule is O=C(NC1CCN(Cc2ccccc2)CC1)c1cccn1-c1nnc(N2CCCC2)s1. The van der Waals surface area contributed by atoms with Crippen molar-refractivity contribution < 1.29 is 4.79 Å². The zero-order valence-electron chi connectivity index (χ0n) is 17.6. The highest BCUT2D eigenvalue weighted by atomic mass is 32.1. The van der Waals surface area contributed by atoms with E-state index in [-0.39, 0.29) is 11.9 Å². The number of rotatable bonds is 6. The van der Waals surface area contributed by atoms with E-state index in [0.717, 1.165) is 55.8 Å².